The zero-order valence-corrected chi connectivity index (χ0v) is 24.1. The van der Waals surface area contributed by atoms with Gasteiger partial charge < -0.3 is 15.2 Å². The zero-order valence-electron chi connectivity index (χ0n) is 21.8. The van der Waals surface area contributed by atoms with E-state index in [1.165, 1.54) is 36.4 Å². The summed E-state index contributed by atoms with van der Waals surface area (Å²) in [7, 11) is -4.24. The molecule has 40 heavy (non-hydrogen) atoms. The maximum atomic E-state index is 13.9. The Hall–Kier alpha value is -3.34. The standard InChI is InChI=1S/C28H27Cl2FN2O6S/c1-28(2,3)32-26(34)18-7-10-23(39-22-9-6-17(13-19(22)29)25(31)27(35)36)21(14-18)33-40(37,38)24-11-8-16(12-20(24)30)15-4-5-15/h6-15,25,33H,4-5H2,1-3H3,(H,32,34)(H,35,36). The first-order chi connectivity index (χ1) is 18.6. The molecule has 4 rings (SSSR count). The average molecular weight is 610 g/mol. The summed E-state index contributed by atoms with van der Waals surface area (Å²) in [6.45, 7) is 5.41. The van der Waals surface area contributed by atoms with E-state index in [0.717, 1.165) is 24.5 Å². The van der Waals surface area contributed by atoms with Gasteiger partial charge in [0.1, 0.15) is 10.6 Å². The Kier molecular flexibility index (Phi) is 8.35. The molecule has 1 aliphatic carbocycles. The van der Waals surface area contributed by atoms with Gasteiger partial charge in [-0.3, -0.25) is 9.52 Å². The van der Waals surface area contributed by atoms with E-state index in [1.54, 1.807) is 32.9 Å². The van der Waals surface area contributed by atoms with Gasteiger partial charge in [-0.15, -0.1) is 0 Å². The molecule has 0 radical (unpaired) electrons. The van der Waals surface area contributed by atoms with Crippen LogP contribution in [-0.4, -0.2) is 30.9 Å². The number of nitrogens with one attached hydrogen (secondary N) is 2. The number of benzene rings is 3. The van der Waals surface area contributed by atoms with Gasteiger partial charge in [0.15, 0.2) is 5.75 Å². The van der Waals surface area contributed by atoms with Crippen LogP contribution in [0.2, 0.25) is 10.0 Å². The molecule has 0 aromatic heterocycles. The normalized spacial score (nSPS) is 14.3. The summed E-state index contributed by atoms with van der Waals surface area (Å²) in [4.78, 5) is 23.7. The van der Waals surface area contributed by atoms with Crippen LogP contribution in [0, 0.1) is 0 Å². The van der Waals surface area contributed by atoms with Crippen LogP contribution in [-0.2, 0) is 14.8 Å². The Balaban J connectivity index is 1.71. The summed E-state index contributed by atoms with van der Waals surface area (Å²) >= 11 is 12.6. The summed E-state index contributed by atoms with van der Waals surface area (Å²) in [6.07, 6.45) is -0.238. The number of aliphatic carboxylic acids is 1. The molecule has 3 aromatic rings. The van der Waals surface area contributed by atoms with Crippen molar-refractivity contribution >= 4 is 50.8 Å². The Labute approximate surface area is 241 Å². The number of rotatable bonds is 9. The molecule has 1 fully saturated rings. The summed E-state index contributed by atoms with van der Waals surface area (Å²) < 4.78 is 49.0. The molecule has 1 saturated carbocycles. The molecule has 0 aliphatic heterocycles. The molecule has 0 saturated heterocycles. The number of alkyl halides is 1. The lowest BCUT2D eigenvalue weighted by Gasteiger charge is -2.21. The third kappa shape index (κ3) is 7.04. The second-order valence-corrected chi connectivity index (χ2v) is 12.9. The smallest absolute Gasteiger partial charge is 0.343 e. The van der Waals surface area contributed by atoms with Gasteiger partial charge >= 0.3 is 5.97 Å². The molecule has 1 unspecified atom stereocenters. The molecule has 0 bridgehead atoms. The number of carboxylic acid groups (broad SMARTS) is 1. The fraction of sp³-hybridized carbons (Fsp3) is 0.286. The fourth-order valence-electron chi connectivity index (χ4n) is 3.88. The minimum atomic E-state index is -4.24. The number of amides is 1. The third-order valence-corrected chi connectivity index (χ3v) is 8.10. The quantitative estimate of drug-likeness (QED) is 0.238. The SMILES string of the molecule is CC(C)(C)NC(=O)c1ccc(Oc2ccc(C(F)C(=O)O)cc2Cl)c(NS(=O)(=O)c2ccc(C3CC3)cc2Cl)c1. The summed E-state index contributed by atoms with van der Waals surface area (Å²) in [5.74, 6) is -1.77. The lowest BCUT2D eigenvalue weighted by Crippen LogP contribution is -2.40. The van der Waals surface area contributed by atoms with Crippen molar-refractivity contribution in [2.24, 2.45) is 0 Å². The van der Waals surface area contributed by atoms with Gasteiger partial charge in [-0.1, -0.05) is 35.3 Å². The molecule has 1 amide bonds. The van der Waals surface area contributed by atoms with Gasteiger partial charge in [-0.25, -0.2) is 17.6 Å². The van der Waals surface area contributed by atoms with E-state index in [1.807, 2.05) is 0 Å². The second-order valence-electron chi connectivity index (χ2n) is 10.5. The van der Waals surface area contributed by atoms with E-state index in [4.69, 9.17) is 33.0 Å². The van der Waals surface area contributed by atoms with Crippen molar-refractivity contribution in [2.45, 2.75) is 56.1 Å². The predicted molar refractivity (Wildman–Crippen MR) is 151 cm³/mol. The summed E-state index contributed by atoms with van der Waals surface area (Å²) in [5, 5.41) is 11.7. The minimum Gasteiger partial charge on any atom is -0.479 e. The van der Waals surface area contributed by atoms with E-state index >= 15 is 0 Å². The number of carbonyl (C=O) groups is 2. The van der Waals surface area contributed by atoms with Crippen molar-refractivity contribution in [2.75, 3.05) is 4.72 Å². The molecule has 8 nitrogen and oxygen atoms in total. The van der Waals surface area contributed by atoms with Crippen LogP contribution in [0.15, 0.2) is 59.5 Å². The highest BCUT2D eigenvalue weighted by Gasteiger charge is 2.27. The van der Waals surface area contributed by atoms with Crippen molar-refractivity contribution in [3.63, 3.8) is 0 Å². The first kappa shape index (κ1) is 29.6. The molecule has 0 heterocycles. The van der Waals surface area contributed by atoms with Crippen molar-refractivity contribution in [1.82, 2.24) is 5.32 Å². The number of anilines is 1. The summed E-state index contributed by atoms with van der Waals surface area (Å²) in [6, 6.07) is 12.5. The molecule has 12 heteroatoms. The van der Waals surface area contributed by atoms with Crippen LogP contribution in [0.4, 0.5) is 10.1 Å². The van der Waals surface area contributed by atoms with Crippen LogP contribution in [0.3, 0.4) is 0 Å². The largest absolute Gasteiger partial charge is 0.479 e. The Morgan fingerprint density at radius 3 is 2.25 bits per heavy atom. The van der Waals surface area contributed by atoms with Crippen molar-refractivity contribution < 1.29 is 32.2 Å². The summed E-state index contributed by atoms with van der Waals surface area (Å²) in [5.41, 5.74) is 0.285. The first-order valence-corrected chi connectivity index (χ1v) is 14.5. The van der Waals surface area contributed by atoms with Gasteiger partial charge in [-0.2, -0.15) is 0 Å². The topological polar surface area (TPSA) is 122 Å². The number of ether oxygens (including phenoxy) is 1. The van der Waals surface area contributed by atoms with E-state index in [2.05, 4.69) is 10.0 Å². The number of hydrogen-bond acceptors (Lipinski definition) is 5. The van der Waals surface area contributed by atoms with E-state index in [-0.39, 0.29) is 43.3 Å². The number of carbonyl (C=O) groups excluding carboxylic acids is 1. The van der Waals surface area contributed by atoms with Gasteiger partial charge in [0.05, 0.1) is 15.7 Å². The van der Waals surface area contributed by atoms with Crippen molar-refractivity contribution in [3.05, 3.63) is 81.3 Å². The molecule has 3 aromatic carbocycles. The molecule has 0 spiro atoms. The second kappa shape index (κ2) is 11.3. The molecular formula is C28H27Cl2FN2O6S. The van der Waals surface area contributed by atoms with E-state index in [9.17, 15) is 22.4 Å². The minimum absolute atomic E-state index is 0.00200. The first-order valence-electron chi connectivity index (χ1n) is 12.3. The third-order valence-electron chi connectivity index (χ3n) is 5.95. The number of sulfonamides is 1. The van der Waals surface area contributed by atoms with Crippen molar-refractivity contribution in [1.29, 1.82) is 0 Å². The monoisotopic (exact) mass is 608 g/mol. The van der Waals surface area contributed by atoms with Gasteiger partial charge in [0.2, 0.25) is 6.17 Å². The fourth-order valence-corrected chi connectivity index (χ4v) is 5.72. The average Bonchev–Trinajstić information content (AvgIpc) is 3.70. The van der Waals surface area contributed by atoms with Crippen LogP contribution in [0.5, 0.6) is 11.5 Å². The van der Waals surface area contributed by atoms with Gasteiger partial charge in [0, 0.05) is 11.1 Å². The number of carboxylic acids is 1. The van der Waals surface area contributed by atoms with Crippen LogP contribution < -0.4 is 14.8 Å². The highest BCUT2D eigenvalue weighted by Crippen LogP contribution is 2.42. The van der Waals surface area contributed by atoms with Gasteiger partial charge in [0.25, 0.3) is 15.9 Å². The predicted octanol–water partition coefficient (Wildman–Crippen LogP) is 7.09. The maximum Gasteiger partial charge on any atom is 0.343 e. The van der Waals surface area contributed by atoms with Crippen molar-refractivity contribution in [3.8, 4) is 11.5 Å². The van der Waals surface area contributed by atoms with Crippen LogP contribution in [0.25, 0.3) is 0 Å². The zero-order chi connectivity index (χ0) is 29.4. The van der Waals surface area contributed by atoms with E-state index in [0.29, 0.717) is 5.92 Å². The molecule has 1 aliphatic rings. The lowest BCUT2D eigenvalue weighted by molar-refractivity contribution is -0.143. The lowest BCUT2D eigenvalue weighted by atomic mass is 10.1. The van der Waals surface area contributed by atoms with Gasteiger partial charge in [-0.05, 0) is 93.1 Å². The maximum absolute atomic E-state index is 13.9. The highest BCUT2D eigenvalue weighted by atomic mass is 35.5. The van der Waals surface area contributed by atoms with Crippen LogP contribution in [0.1, 0.15) is 67.2 Å². The van der Waals surface area contributed by atoms with Crippen LogP contribution >= 0.6 is 23.2 Å². The Bertz CT molecular complexity index is 1590. The number of hydrogen-bond donors (Lipinski definition) is 3. The Morgan fingerprint density at radius 2 is 1.68 bits per heavy atom. The molecule has 212 valence electrons. The highest BCUT2D eigenvalue weighted by molar-refractivity contribution is 7.92. The Morgan fingerprint density at radius 1 is 1.00 bits per heavy atom. The molecule has 3 N–H and O–H groups in total. The molecule has 1 atom stereocenters. The molecular weight excluding hydrogens is 582 g/mol. The number of halogens is 3. The van der Waals surface area contributed by atoms with E-state index < -0.39 is 33.6 Å².